The number of aryl methyl sites for hydroxylation is 2. The van der Waals surface area contributed by atoms with Gasteiger partial charge in [0.2, 0.25) is 0 Å². The number of hydrogen-bond donors (Lipinski definition) is 0. The van der Waals surface area contributed by atoms with Gasteiger partial charge in [-0.05, 0) is 55.5 Å². The second kappa shape index (κ2) is 9.73. The van der Waals surface area contributed by atoms with Gasteiger partial charge in [0.05, 0.1) is 30.1 Å². The van der Waals surface area contributed by atoms with Crippen molar-refractivity contribution in [1.29, 1.82) is 0 Å². The van der Waals surface area contributed by atoms with Crippen LogP contribution in [0.3, 0.4) is 0 Å². The van der Waals surface area contributed by atoms with Crippen LogP contribution in [0.5, 0.6) is 11.5 Å². The molecule has 2 aromatic carbocycles. The first-order valence-corrected chi connectivity index (χ1v) is 13.5. The van der Waals surface area contributed by atoms with Crippen molar-refractivity contribution in [3.05, 3.63) is 64.2 Å². The molecule has 1 aromatic heterocycles. The van der Waals surface area contributed by atoms with Crippen LogP contribution in [0.25, 0.3) is 0 Å². The zero-order valence-corrected chi connectivity index (χ0v) is 21.1. The van der Waals surface area contributed by atoms with Crippen LogP contribution in [0.15, 0.2) is 46.7 Å². The molecule has 8 heteroatoms. The quantitative estimate of drug-likeness (QED) is 0.477. The molecule has 0 saturated carbocycles. The van der Waals surface area contributed by atoms with Crippen molar-refractivity contribution < 1.29 is 17.9 Å². The van der Waals surface area contributed by atoms with E-state index in [0.29, 0.717) is 37.4 Å². The minimum Gasteiger partial charge on any atom is -0.493 e. The lowest BCUT2D eigenvalue weighted by molar-refractivity contribution is 0.354. The summed E-state index contributed by atoms with van der Waals surface area (Å²) < 4.78 is 37.0. The Morgan fingerprint density at radius 1 is 1.00 bits per heavy atom. The third-order valence-corrected chi connectivity index (χ3v) is 9.54. The summed E-state index contributed by atoms with van der Waals surface area (Å²) in [6.45, 7) is 5.60. The van der Waals surface area contributed by atoms with Crippen molar-refractivity contribution in [3.63, 3.8) is 0 Å². The highest BCUT2D eigenvalue weighted by molar-refractivity contribution is 7.92. The van der Waals surface area contributed by atoms with Crippen LogP contribution in [-0.2, 0) is 16.3 Å². The third-order valence-electron chi connectivity index (χ3n) is 6.33. The van der Waals surface area contributed by atoms with E-state index >= 15 is 0 Å². The molecule has 33 heavy (non-hydrogen) atoms. The number of aromatic nitrogens is 1. The first-order valence-electron chi connectivity index (χ1n) is 11.0. The summed E-state index contributed by atoms with van der Waals surface area (Å²) in [5.41, 5.74) is 4.90. The molecule has 0 N–H and O–H groups in total. The third kappa shape index (κ3) is 5.01. The van der Waals surface area contributed by atoms with Crippen molar-refractivity contribution in [3.8, 4) is 11.5 Å². The monoisotopic (exact) mass is 486 g/mol. The van der Waals surface area contributed by atoms with E-state index < -0.39 is 15.1 Å². The Balaban J connectivity index is 1.41. The number of methoxy groups -OCH3 is 2. The standard InChI is InChI=1S/C25H30N2O4S2/c1-17-5-6-19(13-18(17)2)14-20-16-32-25(26-20)27-11-9-21(10-12-27)33(28,29)22-7-8-23(30-3)24(15-22)31-4/h5-8,13,15-16,21H,9-12,14H2,1-4H3. The van der Waals surface area contributed by atoms with Crippen molar-refractivity contribution in [2.75, 3.05) is 32.2 Å². The molecule has 0 aliphatic carbocycles. The number of sulfone groups is 1. The summed E-state index contributed by atoms with van der Waals surface area (Å²) in [4.78, 5) is 7.32. The molecule has 176 valence electrons. The van der Waals surface area contributed by atoms with Crippen LogP contribution in [-0.4, -0.2) is 46.0 Å². The molecule has 3 aromatic rings. The number of thiazole rings is 1. The van der Waals surface area contributed by atoms with E-state index in [1.807, 2.05) is 0 Å². The zero-order valence-electron chi connectivity index (χ0n) is 19.5. The fraction of sp³-hybridized carbons (Fsp3) is 0.400. The Morgan fingerprint density at radius 3 is 2.39 bits per heavy atom. The van der Waals surface area contributed by atoms with Gasteiger partial charge in [-0.25, -0.2) is 13.4 Å². The fourth-order valence-corrected chi connectivity index (χ4v) is 6.81. The topological polar surface area (TPSA) is 68.7 Å². The first kappa shape index (κ1) is 23.6. The van der Waals surface area contributed by atoms with Gasteiger partial charge in [-0.1, -0.05) is 18.2 Å². The predicted molar refractivity (Wildman–Crippen MR) is 133 cm³/mol. The molecule has 1 fully saturated rings. The van der Waals surface area contributed by atoms with E-state index in [0.717, 1.165) is 17.2 Å². The highest BCUT2D eigenvalue weighted by atomic mass is 32.2. The van der Waals surface area contributed by atoms with Crippen LogP contribution in [0.2, 0.25) is 0 Å². The molecule has 0 atom stereocenters. The zero-order chi connectivity index (χ0) is 23.6. The molecule has 0 radical (unpaired) electrons. The number of rotatable bonds is 7. The minimum atomic E-state index is -3.45. The Morgan fingerprint density at radius 2 is 1.73 bits per heavy atom. The average Bonchev–Trinajstić information content (AvgIpc) is 3.29. The summed E-state index contributed by atoms with van der Waals surface area (Å²) in [7, 11) is -0.403. The molecule has 6 nitrogen and oxygen atoms in total. The van der Waals surface area contributed by atoms with Crippen LogP contribution in [0.4, 0.5) is 5.13 Å². The van der Waals surface area contributed by atoms with Gasteiger partial charge in [-0.2, -0.15) is 0 Å². The van der Waals surface area contributed by atoms with Gasteiger partial charge in [-0.3, -0.25) is 0 Å². The maximum absolute atomic E-state index is 13.2. The lowest BCUT2D eigenvalue weighted by Gasteiger charge is -2.31. The highest BCUT2D eigenvalue weighted by Gasteiger charge is 2.32. The molecule has 0 spiro atoms. The summed E-state index contributed by atoms with van der Waals surface area (Å²) in [5.74, 6) is 0.946. The van der Waals surface area contributed by atoms with E-state index in [-0.39, 0.29) is 4.90 Å². The average molecular weight is 487 g/mol. The Labute approximate surface area is 200 Å². The Hall–Kier alpha value is -2.58. The van der Waals surface area contributed by atoms with Gasteiger partial charge in [-0.15, -0.1) is 11.3 Å². The lowest BCUT2D eigenvalue weighted by atomic mass is 10.0. The van der Waals surface area contributed by atoms with Crippen molar-refractivity contribution >= 4 is 26.3 Å². The Kier molecular flexibility index (Phi) is 6.95. The predicted octanol–water partition coefficient (Wildman–Crippen LogP) is 4.81. The van der Waals surface area contributed by atoms with Crippen LogP contribution < -0.4 is 14.4 Å². The summed E-state index contributed by atoms with van der Waals surface area (Å²) in [6, 6.07) is 11.3. The largest absolute Gasteiger partial charge is 0.493 e. The second-order valence-corrected chi connectivity index (χ2v) is 11.5. The van der Waals surface area contributed by atoms with E-state index in [2.05, 4.69) is 42.3 Å². The molecule has 1 saturated heterocycles. The highest BCUT2D eigenvalue weighted by Crippen LogP contribution is 2.34. The van der Waals surface area contributed by atoms with Gasteiger partial charge >= 0.3 is 0 Å². The fourth-order valence-electron chi connectivity index (χ4n) is 4.19. The van der Waals surface area contributed by atoms with Crippen molar-refractivity contribution in [1.82, 2.24) is 4.98 Å². The van der Waals surface area contributed by atoms with Crippen LogP contribution in [0, 0.1) is 13.8 Å². The minimum absolute atomic E-state index is 0.281. The van der Waals surface area contributed by atoms with E-state index in [4.69, 9.17) is 14.5 Å². The van der Waals surface area contributed by atoms with Gasteiger partial charge in [0, 0.05) is 31.0 Å². The van der Waals surface area contributed by atoms with Crippen molar-refractivity contribution in [2.45, 2.75) is 43.3 Å². The Bertz CT molecular complexity index is 1230. The van der Waals surface area contributed by atoms with Gasteiger partial charge in [0.15, 0.2) is 26.5 Å². The van der Waals surface area contributed by atoms with Gasteiger partial charge in [0.25, 0.3) is 0 Å². The summed E-state index contributed by atoms with van der Waals surface area (Å²) in [6.07, 6.45) is 1.95. The molecule has 0 amide bonds. The van der Waals surface area contributed by atoms with Gasteiger partial charge in [0.1, 0.15) is 0 Å². The molecule has 4 rings (SSSR count). The van der Waals surface area contributed by atoms with E-state index in [1.54, 1.807) is 29.5 Å². The summed E-state index contributed by atoms with van der Waals surface area (Å²) in [5, 5.41) is 2.66. The lowest BCUT2D eigenvalue weighted by Crippen LogP contribution is -2.39. The molecular formula is C25H30N2O4S2. The van der Waals surface area contributed by atoms with E-state index in [1.165, 1.54) is 30.9 Å². The normalized spacial score (nSPS) is 15.0. The molecule has 2 heterocycles. The first-order chi connectivity index (χ1) is 15.8. The number of anilines is 1. The molecule has 1 aliphatic heterocycles. The number of hydrogen-bond acceptors (Lipinski definition) is 7. The van der Waals surface area contributed by atoms with E-state index in [9.17, 15) is 8.42 Å². The molecule has 1 aliphatic rings. The number of ether oxygens (including phenoxy) is 2. The van der Waals surface area contributed by atoms with Crippen LogP contribution in [0.1, 0.15) is 35.2 Å². The molecular weight excluding hydrogens is 456 g/mol. The number of nitrogens with zero attached hydrogens (tertiary/aromatic N) is 2. The second-order valence-electron chi connectivity index (χ2n) is 8.47. The maximum Gasteiger partial charge on any atom is 0.185 e. The number of benzene rings is 2. The SMILES string of the molecule is COc1ccc(S(=O)(=O)C2CCN(c3nc(Cc4ccc(C)c(C)c4)cs3)CC2)cc1OC. The maximum atomic E-state index is 13.2. The smallest absolute Gasteiger partial charge is 0.185 e. The van der Waals surface area contributed by atoms with Crippen molar-refractivity contribution in [2.24, 2.45) is 0 Å². The number of piperidine rings is 1. The molecule has 0 bridgehead atoms. The molecule has 0 unspecified atom stereocenters. The summed E-state index contributed by atoms with van der Waals surface area (Å²) >= 11 is 1.63. The van der Waals surface area contributed by atoms with Gasteiger partial charge < -0.3 is 14.4 Å². The van der Waals surface area contributed by atoms with Crippen LogP contribution >= 0.6 is 11.3 Å².